The summed E-state index contributed by atoms with van der Waals surface area (Å²) in [5.41, 5.74) is 1.25. The first-order chi connectivity index (χ1) is 27.4. The number of aromatic nitrogens is 2. The molecule has 4 aromatic rings. The third-order valence-corrected chi connectivity index (χ3v) is 14.3. The lowest BCUT2D eigenvalue weighted by Crippen LogP contribution is -2.58. The number of likely N-dealkylation sites (tertiary alicyclic amines) is 1. The van der Waals surface area contributed by atoms with Crippen LogP contribution in [0.4, 0.5) is 5.69 Å². The number of nitrogens with zero attached hydrogens (tertiary/aromatic N) is 3. The number of hydrogen-bond acceptors (Lipinski definition) is 11. The summed E-state index contributed by atoms with van der Waals surface area (Å²) >= 11 is 1.50. The SMILES string of the molecule is CCC1CC1(NC(=O)C1CC(Oc2nc(-c3nc(C(C)C)cs3)cc3c(C)c(OC)ccc23)CN1C(=O)C(Nc1ccccc1)C(C)(C)C)C(=O)NS(=O)(=O)C1CC1. The second-order valence-electron chi connectivity index (χ2n) is 17.3. The molecule has 15 heteroatoms. The van der Waals surface area contributed by atoms with Gasteiger partial charge in [0.05, 0.1) is 24.6 Å². The normalized spacial score (nSPS) is 22.4. The summed E-state index contributed by atoms with van der Waals surface area (Å²) in [4.78, 5) is 54.6. The van der Waals surface area contributed by atoms with Crippen LogP contribution in [-0.4, -0.2) is 83.6 Å². The van der Waals surface area contributed by atoms with Gasteiger partial charge in [-0.25, -0.2) is 18.4 Å². The van der Waals surface area contributed by atoms with Crippen molar-refractivity contribution in [3.8, 4) is 22.3 Å². The second kappa shape index (κ2) is 15.8. The van der Waals surface area contributed by atoms with Crippen LogP contribution in [0.25, 0.3) is 21.5 Å². The molecule has 2 saturated carbocycles. The average molecular weight is 831 g/mol. The van der Waals surface area contributed by atoms with E-state index in [0.29, 0.717) is 43.0 Å². The molecule has 0 spiro atoms. The Morgan fingerprint density at radius 1 is 1.05 bits per heavy atom. The van der Waals surface area contributed by atoms with Crippen molar-refractivity contribution in [2.24, 2.45) is 11.3 Å². The van der Waals surface area contributed by atoms with Gasteiger partial charge in [-0.15, -0.1) is 11.3 Å². The quantitative estimate of drug-likeness (QED) is 0.127. The van der Waals surface area contributed by atoms with Gasteiger partial charge in [-0.2, -0.15) is 0 Å². The van der Waals surface area contributed by atoms with Crippen molar-refractivity contribution in [1.82, 2.24) is 24.9 Å². The van der Waals surface area contributed by atoms with Crippen molar-refractivity contribution >= 4 is 55.5 Å². The molecular weight excluding hydrogens is 777 g/mol. The van der Waals surface area contributed by atoms with E-state index in [1.807, 2.05) is 88.5 Å². The van der Waals surface area contributed by atoms with Crippen molar-refractivity contribution in [1.29, 1.82) is 0 Å². The van der Waals surface area contributed by atoms with Gasteiger partial charge in [0.1, 0.15) is 40.2 Å². The minimum Gasteiger partial charge on any atom is -0.496 e. The first-order valence-corrected chi connectivity index (χ1v) is 22.5. The van der Waals surface area contributed by atoms with E-state index < -0.39 is 56.2 Å². The van der Waals surface area contributed by atoms with Crippen molar-refractivity contribution in [2.75, 3.05) is 19.0 Å². The van der Waals surface area contributed by atoms with E-state index in [0.717, 1.165) is 32.7 Å². The molecule has 2 aliphatic carbocycles. The number of anilines is 1. The Balaban J connectivity index is 1.24. The number of methoxy groups -OCH3 is 1. The van der Waals surface area contributed by atoms with E-state index in [-0.39, 0.29) is 30.7 Å². The molecule has 0 bridgehead atoms. The van der Waals surface area contributed by atoms with Gasteiger partial charge in [-0.3, -0.25) is 19.1 Å². The largest absolute Gasteiger partial charge is 0.496 e. The van der Waals surface area contributed by atoms with Crippen LogP contribution in [-0.2, 0) is 24.4 Å². The van der Waals surface area contributed by atoms with Crippen LogP contribution in [0.2, 0.25) is 0 Å². The van der Waals surface area contributed by atoms with Gasteiger partial charge in [0.25, 0.3) is 5.91 Å². The number of carbonyl (C=O) groups is 3. The van der Waals surface area contributed by atoms with E-state index in [2.05, 4.69) is 29.2 Å². The molecule has 5 atom stereocenters. The Morgan fingerprint density at radius 3 is 2.38 bits per heavy atom. The molecule has 3 aliphatic rings. The molecule has 13 nitrogen and oxygen atoms in total. The smallest absolute Gasteiger partial charge is 0.259 e. The molecule has 1 saturated heterocycles. The topological polar surface area (TPSA) is 169 Å². The lowest BCUT2D eigenvalue weighted by Gasteiger charge is -2.36. The molecule has 0 radical (unpaired) electrons. The van der Waals surface area contributed by atoms with Gasteiger partial charge >= 0.3 is 0 Å². The minimum absolute atomic E-state index is 0.0592. The van der Waals surface area contributed by atoms with E-state index in [4.69, 9.17) is 19.4 Å². The van der Waals surface area contributed by atoms with Crippen molar-refractivity contribution in [3.05, 3.63) is 65.2 Å². The van der Waals surface area contributed by atoms with Crippen LogP contribution >= 0.6 is 11.3 Å². The van der Waals surface area contributed by atoms with Crippen LogP contribution < -0.4 is 24.8 Å². The fraction of sp³-hybridized carbons (Fsp3) is 0.512. The van der Waals surface area contributed by atoms with Crippen LogP contribution in [0, 0.1) is 18.3 Å². The summed E-state index contributed by atoms with van der Waals surface area (Å²) in [7, 11) is -2.23. The Morgan fingerprint density at radius 2 is 1.78 bits per heavy atom. The highest BCUT2D eigenvalue weighted by Crippen LogP contribution is 2.47. The lowest BCUT2D eigenvalue weighted by atomic mass is 9.85. The van der Waals surface area contributed by atoms with E-state index in [1.54, 1.807) is 7.11 Å². The predicted molar refractivity (Wildman–Crippen MR) is 225 cm³/mol. The zero-order chi connectivity index (χ0) is 41.7. The van der Waals surface area contributed by atoms with Crippen molar-refractivity contribution in [2.45, 2.75) is 115 Å². The molecular formula is C43H54N6O7S2. The van der Waals surface area contributed by atoms with Crippen LogP contribution in [0.15, 0.2) is 53.9 Å². The molecule has 7 rings (SSSR count). The highest BCUT2D eigenvalue weighted by molar-refractivity contribution is 7.91. The van der Waals surface area contributed by atoms with Crippen LogP contribution in [0.1, 0.15) is 90.8 Å². The van der Waals surface area contributed by atoms with Crippen molar-refractivity contribution < 1.29 is 32.3 Å². The maximum atomic E-state index is 14.9. The van der Waals surface area contributed by atoms with Gasteiger partial charge in [0.15, 0.2) is 0 Å². The van der Waals surface area contributed by atoms with Gasteiger partial charge in [0, 0.05) is 22.9 Å². The number of sulfonamides is 1. The first-order valence-electron chi connectivity index (χ1n) is 20.1. The Labute approximate surface area is 344 Å². The molecule has 3 N–H and O–H groups in total. The average Bonchev–Trinajstić information content (AvgIpc) is 4.06. The third kappa shape index (κ3) is 8.25. The van der Waals surface area contributed by atoms with Gasteiger partial charge < -0.3 is 25.0 Å². The lowest BCUT2D eigenvalue weighted by molar-refractivity contribution is -0.141. The zero-order valence-electron chi connectivity index (χ0n) is 34.4. The van der Waals surface area contributed by atoms with E-state index >= 15 is 0 Å². The van der Waals surface area contributed by atoms with Crippen LogP contribution in [0.3, 0.4) is 0 Å². The Kier molecular flexibility index (Phi) is 11.3. The summed E-state index contributed by atoms with van der Waals surface area (Å²) in [5.74, 6) is -0.567. The summed E-state index contributed by atoms with van der Waals surface area (Å²) in [6.45, 7) is 14.0. The minimum atomic E-state index is -3.86. The predicted octanol–water partition coefficient (Wildman–Crippen LogP) is 6.57. The number of fused-ring (bicyclic) bond motifs is 1. The standard InChI is InChI=1S/C43H54N6O7S2/c1-9-26-21-43(26,41(52)48-58(53,54)29-15-16-29)47-37(50)34-19-28(22-49(34)40(51)36(42(5,6)7)44-27-13-11-10-12-14-27)56-38-30-17-18-35(55-8)25(4)31(30)20-32(45-38)39-46-33(23-57-39)24(2)3/h10-14,17-18,20,23-24,26,28-29,34,36,44H,9,15-16,19,21-22H2,1-8H3,(H,47,50)(H,48,52). The highest BCUT2D eigenvalue weighted by Gasteiger charge is 2.62. The third-order valence-electron chi connectivity index (χ3n) is 11.6. The fourth-order valence-electron chi connectivity index (χ4n) is 7.85. The summed E-state index contributed by atoms with van der Waals surface area (Å²) in [5, 5.41) is 10.1. The number of nitrogens with one attached hydrogen (secondary N) is 3. The van der Waals surface area contributed by atoms with Gasteiger partial charge in [-0.1, -0.05) is 66.2 Å². The number of hydrogen-bond donors (Lipinski definition) is 3. The Hall–Kier alpha value is -4.76. The number of thiazole rings is 1. The molecule has 3 amide bonds. The maximum Gasteiger partial charge on any atom is 0.259 e. The zero-order valence-corrected chi connectivity index (χ0v) is 36.1. The number of ether oxygens (including phenoxy) is 2. The number of carbonyl (C=O) groups excluding carboxylic acids is 3. The number of benzene rings is 2. The molecule has 58 heavy (non-hydrogen) atoms. The molecule has 310 valence electrons. The highest BCUT2D eigenvalue weighted by atomic mass is 32.2. The fourth-order valence-corrected chi connectivity index (χ4v) is 10.2. The number of para-hydroxylation sites is 1. The number of pyridine rings is 1. The number of aryl methyl sites for hydroxylation is 1. The molecule has 5 unspecified atom stereocenters. The van der Waals surface area contributed by atoms with E-state index in [9.17, 15) is 22.8 Å². The number of amides is 3. The molecule has 1 aliphatic heterocycles. The summed E-state index contributed by atoms with van der Waals surface area (Å²) < 4.78 is 40.4. The van der Waals surface area contributed by atoms with Gasteiger partial charge in [0.2, 0.25) is 27.7 Å². The molecule has 2 aromatic heterocycles. The Bertz CT molecular complexity index is 2320. The monoisotopic (exact) mass is 830 g/mol. The molecule has 2 aromatic carbocycles. The first kappa shape index (κ1) is 41.4. The molecule has 3 heterocycles. The maximum absolute atomic E-state index is 14.9. The van der Waals surface area contributed by atoms with Crippen LogP contribution in [0.5, 0.6) is 11.6 Å². The van der Waals surface area contributed by atoms with E-state index in [1.165, 1.54) is 16.2 Å². The summed E-state index contributed by atoms with van der Waals surface area (Å²) in [6.07, 6.45) is 1.27. The number of rotatable bonds is 14. The second-order valence-corrected chi connectivity index (χ2v) is 20.1. The van der Waals surface area contributed by atoms with Gasteiger partial charge in [-0.05, 0) is 84.7 Å². The van der Waals surface area contributed by atoms with Crippen molar-refractivity contribution in [3.63, 3.8) is 0 Å². The molecule has 3 fully saturated rings. The summed E-state index contributed by atoms with van der Waals surface area (Å²) in [6, 6.07) is 13.4.